The van der Waals surface area contributed by atoms with Crippen LogP contribution < -0.4 is 4.74 Å². The smallest absolute Gasteiger partial charge is 0.133 e. The zero-order valence-corrected chi connectivity index (χ0v) is 11.8. The number of ether oxygens (including phenoxy) is 1. The highest BCUT2D eigenvalue weighted by molar-refractivity contribution is 5.85. The number of nitrogens with zero attached hydrogens (tertiary/aromatic N) is 1. The Morgan fingerprint density at radius 2 is 2.05 bits per heavy atom. The number of fused-ring (bicyclic) bond motifs is 2. The van der Waals surface area contributed by atoms with E-state index in [9.17, 15) is 9.18 Å². The molecule has 4 heteroatoms. The number of Topliss-reactive ketones (excluding diaryl/α,β-unsaturated/α-hetero) is 1. The molecule has 2 aliphatic rings. The molecule has 0 spiro atoms. The first-order valence-corrected chi connectivity index (χ1v) is 7.35. The normalized spacial score (nSPS) is 30.2. The molecule has 0 aliphatic heterocycles. The van der Waals surface area contributed by atoms with Crippen LogP contribution in [0.25, 0.3) is 10.9 Å². The lowest BCUT2D eigenvalue weighted by Gasteiger charge is -2.17. The second-order valence-corrected chi connectivity index (χ2v) is 6.15. The SMILES string of the molecule is CC(=O)C1C2CC(Oc3ccnc4ccc(F)cc34)CC21. The highest BCUT2D eigenvalue weighted by Gasteiger charge is 2.58. The lowest BCUT2D eigenvalue weighted by atomic mass is 10.1. The number of benzene rings is 1. The summed E-state index contributed by atoms with van der Waals surface area (Å²) in [5.74, 6) is 1.96. The van der Waals surface area contributed by atoms with Crippen LogP contribution in [-0.2, 0) is 4.79 Å². The molecule has 0 bridgehead atoms. The Bertz CT molecular complexity index is 718. The summed E-state index contributed by atoms with van der Waals surface area (Å²) in [5.41, 5.74) is 0.735. The topological polar surface area (TPSA) is 39.2 Å². The zero-order valence-electron chi connectivity index (χ0n) is 11.8. The van der Waals surface area contributed by atoms with Gasteiger partial charge in [-0.2, -0.15) is 0 Å². The van der Waals surface area contributed by atoms with Crippen molar-refractivity contribution in [2.75, 3.05) is 0 Å². The van der Waals surface area contributed by atoms with Crippen molar-refractivity contribution in [3.8, 4) is 5.75 Å². The van der Waals surface area contributed by atoms with Gasteiger partial charge in [0.2, 0.25) is 0 Å². The van der Waals surface area contributed by atoms with E-state index in [1.165, 1.54) is 12.1 Å². The fourth-order valence-electron chi connectivity index (χ4n) is 3.87. The number of hydrogen-bond acceptors (Lipinski definition) is 3. The van der Waals surface area contributed by atoms with Gasteiger partial charge in [0.1, 0.15) is 17.3 Å². The molecule has 108 valence electrons. The van der Waals surface area contributed by atoms with Crippen molar-refractivity contribution in [1.29, 1.82) is 0 Å². The molecule has 0 saturated heterocycles. The van der Waals surface area contributed by atoms with E-state index in [2.05, 4.69) is 4.98 Å². The van der Waals surface area contributed by atoms with E-state index in [-0.39, 0.29) is 17.8 Å². The Labute approximate surface area is 122 Å². The maximum Gasteiger partial charge on any atom is 0.133 e. The van der Waals surface area contributed by atoms with Crippen molar-refractivity contribution in [3.05, 3.63) is 36.3 Å². The third-order valence-corrected chi connectivity index (χ3v) is 4.83. The predicted molar refractivity (Wildman–Crippen MR) is 76.5 cm³/mol. The quantitative estimate of drug-likeness (QED) is 0.868. The fourth-order valence-corrected chi connectivity index (χ4v) is 3.87. The summed E-state index contributed by atoms with van der Waals surface area (Å²) in [6.45, 7) is 1.68. The molecular formula is C17H16FNO2. The van der Waals surface area contributed by atoms with Crippen LogP contribution in [0.2, 0.25) is 0 Å². The van der Waals surface area contributed by atoms with E-state index >= 15 is 0 Å². The number of aromatic nitrogens is 1. The second kappa shape index (κ2) is 4.52. The van der Waals surface area contributed by atoms with Gasteiger partial charge in [0.05, 0.1) is 11.6 Å². The van der Waals surface area contributed by atoms with E-state index < -0.39 is 0 Å². The van der Waals surface area contributed by atoms with Crippen LogP contribution in [0.15, 0.2) is 30.5 Å². The van der Waals surface area contributed by atoms with Crippen LogP contribution in [0, 0.1) is 23.6 Å². The summed E-state index contributed by atoms with van der Waals surface area (Å²) >= 11 is 0. The van der Waals surface area contributed by atoms with Crippen molar-refractivity contribution in [2.24, 2.45) is 17.8 Å². The summed E-state index contributed by atoms with van der Waals surface area (Å²) in [4.78, 5) is 15.6. The van der Waals surface area contributed by atoms with Gasteiger partial charge in [0.25, 0.3) is 0 Å². The molecule has 0 amide bonds. The monoisotopic (exact) mass is 285 g/mol. The molecular weight excluding hydrogens is 269 g/mol. The number of halogens is 1. The second-order valence-electron chi connectivity index (χ2n) is 6.15. The Morgan fingerprint density at radius 1 is 1.29 bits per heavy atom. The molecule has 2 fully saturated rings. The van der Waals surface area contributed by atoms with E-state index in [1.54, 1.807) is 25.3 Å². The van der Waals surface area contributed by atoms with Gasteiger partial charge in [-0.15, -0.1) is 0 Å². The molecule has 2 saturated carbocycles. The van der Waals surface area contributed by atoms with Crippen LogP contribution in [-0.4, -0.2) is 16.9 Å². The van der Waals surface area contributed by atoms with Gasteiger partial charge < -0.3 is 4.74 Å². The Morgan fingerprint density at radius 3 is 2.76 bits per heavy atom. The lowest BCUT2D eigenvalue weighted by Crippen LogP contribution is -2.17. The van der Waals surface area contributed by atoms with Crippen molar-refractivity contribution in [3.63, 3.8) is 0 Å². The highest BCUT2D eigenvalue weighted by Crippen LogP contribution is 2.58. The summed E-state index contributed by atoms with van der Waals surface area (Å²) in [7, 11) is 0. The van der Waals surface area contributed by atoms with Crippen molar-refractivity contribution < 1.29 is 13.9 Å². The van der Waals surface area contributed by atoms with E-state index in [0.717, 1.165) is 18.4 Å². The van der Waals surface area contributed by atoms with Gasteiger partial charge in [0, 0.05) is 17.5 Å². The molecule has 21 heavy (non-hydrogen) atoms. The average molecular weight is 285 g/mol. The molecule has 0 radical (unpaired) electrons. The molecule has 1 heterocycles. The molecule has 0 N–H and O–H groups in total. The predicted octanol–water partition coefficient (Wildman–Crippen LogP) is 3.37. The zero-order chi connectivity index (χ0) is 14.6. The third-order valence-electron chi connectivity index (χ3n) is 4.83. The molecule has 1 aromatic carbocycles. The minimum atomic E-state index is -0.286. The molecule has 2 atom stereocenters. The van der Waals surface area contributed by atoms with Crippen LogP contribution in [0.3, 0.4) is 0 Å². The Kier molecular flexibility index (Phi) is 2.74. The molecule has 4 rings (SSSR count). The number of pyridine rings is 1. The number of carbonyl (C=O) groups is 1. The van der Waals surface area contributed by atoms with E-state index in [1.807, 2.05) is 0 Å². The van der Waals surface area contributed by atoms with Crippen LogP contribution >= 0.6 is 0 Å². The van der Waals surface area contributed by atoms with Crippen LogP contribution in [0.1, 0.15) is 19.8 Å². The van der Waals surface area contributed by atoms with Crippen LogP contribution in [0.5, 0.6) is 5.75 Å². The maximum atomic E-state index is 13.4. The van der Waals surface area contributed by atoms with E-state index in [4.69, 9.17) is 4.74 Å². The van der Waals surface area contributed by atoms with Gasteiger partial charge in [-0.1, -0.05) is 0 Å². The minimum absolute atomic E-state index is 0.129. The molecule has 3 nitrogen and oxygen atoms in total. The molecule has 2 unspecified atom stereocenters. The van der Waals surface area contributed by atoms with Gasteiger partial charge in [-0.05, 0) is 55.9 Å². The summed E-state index contributed by atoms with van der Waals surface area (Å²) in [5, 5.41) is 0.709. The Balaban J connectivity index is 1.54. The molecule has 2 aromatic rings. The fraction of sp³-hybridized carbons (Fsp3) is 0.412. The highest BCUT2D eigenvalue weighted by atomic mass is 19.1. The van der Waals surface area contributed by atoms with Crippen molar-refractivity contribution >= 4 is 16.7 Å². The van der Waals surface area contributed by atoms with Crippen molar-refractivity contribution in [2.45, 2.75) is 25.9 Å². The summed E-state index contributed by atoms with van der Waals surface area (Å²) in [6, 6.07) is 6.32. The van der Waals surface area contributed by atoms with Gasteiger partial charge >= 0.3 is 0 Å². The van der Waals surface area contributed by atoms with Crippen LogP contribution in [0.4, 0.5) is 4.39 Å². The molecule has 2 aliphatic carbocycles. The average Bonchev–Trinajstić information content (AvgIpc) is 2.97. The third kappa shape index (κ3) is 2.09. The first kappa shape index (κ1) is 12.7. The minimum Gasteiger partial charge on any atom is -0.490 e. The van der Waals surface area contributed by atoms with E-state index in [0.29, 0.717) is 28.8 Å². The number of carbonyl (C=O) groups excluding carboxylic acids is 1. The Hall–Kier alpha value is -1.97. The maximum absolute atomic E-state index is 13.4. The first-order chi connectivity index (χ1) is 10.1. The number of ketones is 1. The number of hydrogen-bond donors (Lipinski definition) is 0. The first-order valence-electron chi connectivity index (χ1n) is 7.35. The lowest BCUT2D eigenvalue weighted by molar-refractivity contribution is -0.119. The standard InChI is InChI=1S/C17H16FNO2/c1-9(20)17-12-7-11(8-13(12)17)21-16-4-5-19-15-3-2-10(18)6-14(15)16/h2-6,11-13,17H,7-8H2,1H3. The summed E-state index contributed by atoms with van der Waals surface area (Å²) < 4.78 is 19.5. The summed E-state index contributed by atoms with van der Waals surface area (Å²) in [6.07, 6.45) is 3.66. The van der Waals surface area contributed by atoms with Gasteiger partial charge in [0.15, 0.2) is 0 Å². The number of rotatable bonds is 3. The van der Waals surface area contributed by atoms with Gasteiger partial charge in [-0.3, -0.25) is 9.78 Å². The largest absolute Gasteiger partial charge is 0.490 e. The molecule has 1 aromatic heterocycles. The van der Waals surface area contributed by atoms with Gasteiger partial charge in [-0.25, -0.2) is 4.39 Å². The van der Waals surface area contributed by atoms with Crippen molar-refractivity contribution in [1.82, 2.24) is 4.98 Å².